The number of rotatable bonds is 13. The monoisotopic (exact) mass is 772 g/mol. The fourth-order valence-corrected chi connectivity index (χ4v) is 7.60. The molecule has 300 valence electrons. The van der Waals surface area contributed by atoms with Gasteiger partial charge < -0.3 is 33.9 Å². The molecule has 1 aliphatic heterocycles. The zero-order valence-electron chi connectivity index (χ0n) is 30.2. The van der Waals surface area contributed by atoms with Crippen LogP contribution in [0.3, 0.4) is 0 Å². The quantitative estimate of drug-likeness (QED) is 0.101. The van der Waals surface area contributed by atoms with E-state index in [9.17, 15) is 64.1 Å². The number of carbonyl (C=O) groups is 3. The van der Waals surface area contributed by atoms with E-state index in [-0.39, 0.29) is 12.0 Å². The van der Waals surface area contributed by atoms with E-state index in [0.717, 1.165) is 41.5 Å². The van der Waals surface area contributed by atoms with Gasteiger partial charge in [0.1, 0.15) is 35.1 Å². The maximum atomic E-state index is 14.1. The molecule has 0 aromatic carbocycles. The molecule has 2 bridgehead atoms. The molecular formula is C33H45F9O10. The van der Waals surface area contributed by atoms with Gasteiger partial charge >= 0.3 is 36.4 Å². The van der Waals surface area contributed by atoms with E-state index < -0.39 is 118 Å². The summed E-state index contributed by atoms with van der Waals surface area (Å²) in [6.45, 7) is 11.8. The van der Waals surface area contributed by atoms with Gasteiger partial charge in [-0.3, -0.25) is 9.59 Å². The van der Waals surface area contributed by atoms with E-state index in [1.807, 2.05) is 0 Å². The minimum Gasteiger partial charge on any atom is -0.459 e. The van der Waals surface area contributed by atoms with Crippen molar-refractivity contribution in [3.63, 3.8) is 0 Å². The molecule has 8 unspecified atom stereocenters. The first kappa shape index (κ1) is 43.8. The topological polar surface area (TPSA) is 138 Å². The molecule has 1 heterocycles. The predicted molar refractivity (Wildman–Crippen MR) is 160 cm³/mol. The SMILES string of the molecule is C=C(C)C(=O)OC1C2CC3C1OC(=O)C3C2C(=O)OC(CC(C)(C)OC(C)(C)C(C)(O)C(F)(F)F)C(C)(C)OC(C)(C)C(O)(C(F)(F)F)C(F)(F)F. The molecule has 0 radical (unpaired) electrons. The van der Waals surface area contributed by atoms with Crippen molar-refractivity contribution < 1.29 is 87.8 Å². The van der Waals surface area contributed by atoms with Crippen LogP contribution in [0.1, 0.15) is 82.1 Å². The lowest BCUT2D eigenvalue weighted by molar-refractivity contribution is -0.422. The van der Waals surface area contributed by atoms with Gasteiger partial charge in [-0.15, -0.1) is 0 Å². The lowest BCUT2D eigenvalue weighted by Crippen LogP contribution is -2.71. The first-order chi connectivity index (χ1) is 22.9. The first-order valence-electron chi connectivity index (χ1n) is 16.2. The molecule has 3 aliphatic rings. The van der Waals surface area contributed by atoms with E-state index in [1.165, 1.54) is 6.92 Å². The zero-order valence-corrected chi connectivity index (χ0v) is 30.2. The van der Waals surface area contributed by atoms with Gasteiger partial charge in [-0.25, -0.2) is 4.79 Å². The summed E-state index contributed by atoms with van der Waals surface area (Å²) in [6, 6.07) is 0. The first-order valence-corrected chi connectivity index (χ1v) is 16.2. The average Bonchev–Trinajstić information content (AvgIpc) is 3.52. The molecule has 3 fully saturated rings. The summed E-state index contributed by atoms with van der Waals surface area (Å²) in [6.07, 6.45) is -22.6. The highest BCUT2D eigenvalue weighted by molar-refractivity contribution is 5.88. The Morgan fingerprint density at radius 1 is 0.827 bits per heavy atom. The van der Waals surface area contributed by atoms with Gasteiger partial charge in [0, 0.05) is 23.8 Å². The molecule has 0 amide bonds. The molecule has 3 rings (SSSR count). The van der Waals surface area contributed by atoms with Crippen molar-refractivity contribution >= 4 is 17.9 Å². The number of alkyl halides is 9. The summed E-state index contributed by atoms with van der Waals surface area (Å²) in [7, 11) is 0. The molecule has 52 heavy (non-hydrogen) atoms. The van der Waals surface area contributed by atoms with Gasteiger partial charge in [-0.2, -0.15) is 39.5 Å². The van der Waals surface area contributed by atoms with Crippen LogP contribution in [0, 0.1) is 23.7 Å². The van der Waals surface area contributed by atoms with Gasteiger partial charge in [-0.05, 0) is 75.7 Å². The number of ether oxygens (including phenoxy) is 5. The van der Waals surface area contributed by atoms with Crippen LogP contribution in [0.4, 0.5) is 39.5 Å². The van der Waals surface area contributed by atoms with Crippen molar-refractivity contribution in [2.45, 2.75) is 153 Å². The summed E-state index contributed by atoms with van der Waals surface area (Å²) in [5.41, 5.74) is -19.4. The van der Waals surface area contributed by atoms with Crippen molar-refractivity contribution in [2.24, 2.45) is 23.7 Å². The van der Waals surface area contributed by atoms with Crippen LogP contribution in [-0.4, -0.2) is 98.6 Å². The van der Waals surface area contributed by atoms with Crippen molar-refractivity contribution in [3.8, 4) is 0 Å². The second kappa shape index (κ2) is 13.0. The molecule has 0 aromatic heterocycles. The Morgan fingerprint density at radius 3 is 1.77 bits per heavy atom. The second-order valence-electron chi connectivity index (χ2n) is 16.2. The molecule has 0 spiro atoms. The highest BCUT2D eigenvalue weighted by Crippen LogP contribution is 2.59. The van der Waals surface area contributed by atoms with Gasteiger partial charge in [0.15, 0.2) is 5.60 Å². The number of hydrogen-bond acceptors (Lipinski definition) is 10. The molecule has 2 saturated carbocycles. The van der Waals surface area contributed by atoms with Gasteiger partial charge in [0.2, 0.25) is 0 Å². The summed E-state index contributed by atoms with van der Waals surface area (Å²) >= 11 is 0. The van der Waals surface area contributed by atoms with Gasteiger partial charge in [-0.1, -0.05) is 6.58 Å². The zero-order chi connectivity index (χ0) is 40.8. The largest absolute Gasteiger partial charge is 0.459 e. The highest BCUT2D eigenvalue weighted by atomic mass is 19.4. The molecule has 8 atom stereocenters. The third kappa shape index (κ3) is 7.39. The molecule has 2 N–H and O–H groups in total. The van der Waals surface area contributed by atoms with Crippen LogP contribution in [0.25, 0.3) is 0 Å². The van der Waals surface area contributed by atoms with Crippen LogP contribution in [0.2, 0.25) is 0 Å². The summed E-state index contributed by atoms with van der Waals surface area (Å²) in [5.74, 6) is -7.00. The smallest absolute Gasteiger partial charge is 0.429 e. The summed E-state index contributed by atoms with van der Waals surface area (Å²) < 4.78 is 153. The van der Waals surface area contributed by atoms with E-state index in [2.05, 4.69) is 6.58 Å². The maximum Gasteiger partial charge on any atom is 0.429 e. The molecular weight excluding hydrogens is 727 g/mol. The Kier molecular flexibility index (Phi) is 10.9. The third-order valence-corrected chi connectivity index (χ3v) is 10.6. The van der Waals surface area contributed by atoms with Crippen molar-refractivity contribution in [3.05, 3.63) is 12.2 Å². The fourth-order valence-electron chi connectivity index (χ4n) is 7.60. The average molecular weight is 773 g/mol. The highest BCUT2D eigenvalue weighted by Gasteiger charge is 2.78. The van der Waals surface area contributed by atoms with Crippen molar-refractivity contribution in [2.75, 3.05) is 0 Å². The maximum absolute atomic E-state index is 14.1. The standard InChI is InChI=1S/C33H45F9O10/c1-14(2)22(43)49-20-15-12-16-19(24(45)50-21(16)20)18(15)23(44)48-17(13-25(3,4)51-27(7,8)29(11,46)31(34,35)36)26(5,6)52-28(9,10)30(47,32(37,38)39)33(40,41)42/h15-21,46-47H,1,12-13H2,2-11H3. The summed E-state index contributed by atoms with van der Waals surface area (Å²) in [4.78, 5) is 39.4. The van der Waals surface area contributed by atoms with E-state index >= 15 is 0 Å². The fraction of sp³-hybridized carbons (Fsp3) is 0.848. The minimum atomic E-state index is -6.36. The van der Waals surface area contributed by atoms with E-state index in [0.29, 0.717) is 20.8 Å². The number of hydrogen-bond donors (Lipinski definition) is 2. The van der Waals surface area contributed by atoms with Crippen LogP contribution < -0.4 is 0 Å². The predicted octanol–water partition coefficient (Wildman–Crippen LogP) is 5.90. The normalized spacial score (nSPS) is 27.6. The molecule has 19 heteroatoms. The van der Waals surface area contributed by atoms with E-state index in [4.69, 9.17) is 23.7 Å². The Hall–Kier alpha value is -2.64. The third-order valence-electron chi connectivity index (χ3n) is 10.6. The van der Waals surface area contributed by atoms with Crippen LogP contribution in [0.5, 0.6) is 0 Å². The molecule has 1 saturated heterocycles. The summed E-state index contributed by atoms with van der Waals surface area (Å²) in [5, 5.41) is 20.6. The van der Waals surface area contributed by atoms with Gasteiger partial charge in [0.25, 0.3) is 5.60 Å². The molecule has 0 aromatic rings. The number of esters is 3. The lowest BCUT2D eigenvalue weighted by atomic mass is 9.78. The number of halogens is 9. The number of fused-ring (bicyclic) bond motifs is 1. The van der Waals surface area contributed by atoms with Gasteiger partial charge in [0.05, 0.1) is 17.4 Å². The molecule has 2 aliphatic carbocycles. The van der Waals surface area contributed by atoms with E-state index in [1.54, 1.807) is 0 Å². The lowest BCUT2D eigenvalue weighted by Gasteiger charge is -2.50. The van der Waals surface area contributed by atoms with Crippen molar-refractivity contribution in [1.82, 2.24) is 0 Å². The van der Waals surface area contributed by atoms with Crippen LogP contribution in [0.15, 0.2) is 12.2 Å². The second-order valence-corrected chi connectivity index (χ2v) is 16.2. The Balaban J connectivity index is 2.08. The Morgan fingerprint density at radius 2 is 1.33 bits per heavy atom. The Labute approximate surface area is 294 Å². The van der Waals surface area contributed by atoms with Crippen LogP contribution >= 0.6 is 0 Å². The van der Waals surface area contributed by atoms with Crippen molar-refractivity contribution in [1.29, 1.82) is 0 Å². The minimum absolute atomic E-state index is 0.0170. The number of aliphatic hydroxyl groups is 2. The Bertz CT molecular complexity index is 1410. The number of carbonyl (C=O) groups excluding carboxylic acids is 3. The van der Waals surface area contributed by atoms with Crippen LogP contribution in [-0.2, 0) is 38.1 Å². The molecule has 10 nitrogen and oxygen atoms in total.